The first-order valence-electron chi connectivity index (χ1n) is 7.60. The van der Waals surface area contributed by atoms with Crippen LogP contribution in [0.25, 0.3) is 0 Å². The van der Waals surface area contributed by atoms with Crippen LogP contribution in [0.3, 0.4) is 0 Å². The number of fused-ring (bicyclic) bond motifs is 1. The first-order chi connectivity index (χ1) is 11.1. The summed E-state index contributed by atoms with van der Waals surface area (Å²) in [6.45, 7) is 2.29. The number of nitrogens with one attached hydrogen (secondary N) is 1. The maximum Gasteiger partial charge on any atom is 0.261 e. The first kappa shape index (κ1) is 15.7. The molecule has 0 atom stereocenters. The summed E-state index contributed by atoms with van der Waals surface area (Å²) in [5, 5.41) is 0. The summed E-state index contributed by atoms with van der Waals surface area (Å²) in [6, 6.07) is 12.0. The molecule has 122 valence electrons. The van der Waals surface area contributed by atoms with Crippen molar-refractivity contribution in [2.24, 2.45) is 0 Å². The molecule has 1 heterocycles. The Morgan fingerprint density at radius 1 is 1.04 bits per heavy atom. The Bertz CT molecular complexity index is 785. The Labute approximate surface area is 136 Å². The zero-order valence-corrected chi connectivity index (χ0v) is 13.7. The summed E-state index contributed by atoms with van der Waals surface area (Å²) in [5.41, 5.74) is 1.60. The number of hydrogen-bond donors (Lipinski definition) is 1. The molecule has 0 amide bonds. The number of anilines is 1. The molecule has 0 unspecified atom stereocenters. The molecule has 0 bridgehead atoms. The summed E-state index contributed by atoms with van der Waals surface area (Å²) >= 11 is 0. The van der Waals surface area contributed by atoms with E-state index in [0.717, 1.165) is 24.8 Å². The maximum atomic E-state index is 12.4. The number of ether oxygens (including phenoxy) is 2. The highest BCUT2D eigenvalue weighted by Crippen LogP contribution is 2.34. The van der Waals surface area contributed by atoms with E-state index in [1.54, 1.807) is 30.3 Å². The molecule has 1 aliphatic rings. The molecule has 2 aromatic carbocycles. The molecular weight excluding hydrogens is 314 g/mol. The molecule has 3 rings (SSSR count). The van der Waals surface area contributed by atoms with Crippen LogP contribution in [0.4, 0.5) is 5.69 Å². The highest BCUT2D eigenvalue weighted by Gasteiger charge is 2.17. The van der Waals surface area contributed by atoms with Gasteiger partial charge in [0.2, 0.25) is 6.79 Å². The monoisotopic (exact) mass is 333 g/mol. The third kappa shape index (κ3) is 3.59. The second-order valence-corrected chi connectivity index (χ2v) is 7.10. The zero-order chi connectivity index (χ0) is 16.3. The van der Waals surface area contributed by atoms with E-state index in [9.17, 15) is 8.42 Å². The zero-order valence-electron chi connectivity index (χ0n) is 12.9. The van der Waals surface area contributed by atoms with E-state index in [4.69, 9.17) is 9.47 Å². The predicted molar refractivity (Wildman–Crippen MR) is 88.4 cm³/mol. The Kier molecular flexibility index (Phi) is 4.43. The van der Waals surface area contributed by atoms with E-state index < -0.39 is 10.0 Å². The van der Waals surface area contributed by atoms with Crippen LogP contribution in [-0.2, 0) is 16.4 Å². The van der Waals surface area contributed by atoms with Gasteiger partial charge in [-0.15, -0.1) is 0 Å². The van der Waals surface area contributed by atoms with Crippen molar-refractivity contribution in [1.82, 2.24) is 0 Å². The molecule has 6 heteroatoms. The van der Waals surface area contributed by atoms with Crippen LogP contribution < -0.4 is 14.2 Å². The Morgan fingerprint density at radius 2 is 1.78 bits per heavy atom. The second kappa shape index (κ2) is 6.50. The van der Waals surface area contributed by atoms with Crippen molar-refractivity contribution in [2.45, 2.75) is 31.1 Å². The number of aryl methyl sites for hydroxylation is 1. The largest absolute Gasteiger partial charge is 0.454 e. The van der Waals surface area contributed by atoms with E-state index in [1.807, 2.05) is 12.1 Å². The lowest BCUT2D eigenvalue weighted by atomic mass is 10.1. The van der Waals surface area contributed by atoms with Gasteiger partial charge in [0.15, 0.2) is 11.5 Å². The van der Waals surface area contributed by atoms with Gasteiger partial charge >= 0.3 is 0 Å². The fraction of sp³-hybridized carbons (Fsp3) is 0.294. The lowest BCUT2D eigenvalue weighted by Gasteiger charge is -2.09. The summed E-state index contributed by atoms with van der Waals surface area (Å²) in [6.07, 6.45) is 3.18. The molecule has 23 heavy (non-hydrogen) atoms. The van der Waals surface area contributed by atoms with Gasteiger partial charge in [-0.25, -0.2) is 8.42 Å². The quantitative estimate of drug-likeness (QED) is 0.878. The summed E-state index contributed by atoms with van der Waals surface area (Å²) in [5.74, 6) is 1.16. The van der Waals surface area contributed by atoms with Gasteiger partial charge in [-0.05, 0) is 42.7 Å². The highest BCUT2D eigenvalue weighted by atomic mass is 32.2. The van der Waals surface area contributed by atoms with Gasteiger partial charge in [0.05, 0.1) is 10.6 Å². The Balaban J connectivity index is 1.76. The number of hydrogen-bond acceptors (Lipinski definition) is 4. The fourth-order valence-electron chi connectivity index (χ4n) is 2.39. The van der Waals surface area contributed by atoms with Crippen LogP contribution in [0.15, 0.2) is 47.4 Å². The maximum absolute atomic E-state index is 12.4. The SMILES string of the molecule is CCCCc1ccc(S(=O)(=O)Nc2ccc3c(c2)OCO3)cc1. The van der Waals surface area contributed by atoms with Crippen LogP contribution >= 0.6 is 0 Å². The number of sulfonamides is 1. The standard InChI is InChI=1S/C17H19NO4S/c1-2-3-4-13-5-8-15(9-6-13)23(19,20)18-14-7-10-16-17(11-14)22-12-21-16/h5-11,18H,2-4,12H2,1H3. The van der Waals surface area contributed by atoms with Crippen molar-refractivity contribution < 1.29 is 17.9 Å². The molecule has 0 aromatic heterocycles. The van der Waals surface area contributed by atoms with Gasteiger partial charge in [0.25, 0.3) is 10.0 Å². The molecule has 1 aliphatic heterocycles. The topological polar surface area (TPSA) is 64.6 Å². The normalized spacial score (nSPS) is 13.1. The highest BCUT2D eigenvalue weighted by molar-refractivity contribution is 7.92. The molecule has 0 fully saturated rings. The van der Waals surface area contributed by atoms with Crippen molar-refractivity contribution in [3.63, 3.8) is 0 Å². The predicted octanol–water partition coefficient (Wildman–Crippen LogP) is 3.56. The van der Waals surface area contributed by atoms with E-state index >= 15 is 0 Å². The second-order valence-electron chi connectivity index (χ2n) is 5.42. The van der Waals surface area contributed by atoms with Gasteiger partial charge in [0, 0.05) is 6.07 Å². The first-order valence-corrected chi connectivity index (χ1v) is 9.08. The van der Waals surface area contributed by atoms with Gasteiger partial charge in [-0.3, -0.25) is 4.72 Å². The van der Waals surface area contributed by atoms with Crippen LogP contribution in [0.1, 0.15) is 25.3 Å². The molecule has 2 aromatic rings. The van der Waals surface area contributed by atoms with E-state index in [2.05, 4.69) is 11.6 Å². The Morgan fingerprint density at radius 3 is 2.52 bits per heavy atom. The van der Waals surface area contributed by atoms with Gasteiger partial charge in [-0.1, -0.05) is 25.5 Å². The van der Waals surface area contributed by atoms with Crippen LogP contribution in [0.5, 0.6) is 11.5 Å². The molecule has 0 aliphatic carbocycles. The number of unbranched alkanes of at least 4 members (excludes halogenated alkanes) is 1. The average Bonchev–Trinajstić information content (AvgIpc) is 3.00. The van der Waals surface area contributed by atoms with Crippen LogP contribution in [0.2, 0.25) is 0 Å². The molecule has 0 spiro atoms. The van der Waals surface area contributed by atoms with Crippen molar-refractivity contribution in [3.8, 4) is 11.5 Å². The summed E-state index contributed by atoms with van der Waals surface area (Å²) < 4.78 is 37.9. The van der Waals surface area contributed by atoms with E-state index in [-0.39, 0.29) is 11.7 Å². The summed E-state index contributed by atoms with van der Waals surface area (Å²) in [4.78, 5) is 0.246. The smallest absolute Gasteiger partial charge is 0.261 e. The molecule has 5 nitrogen and oxygen atoms in total. The van der Waals surface area contributed by atoms with Gasteiger partial charge in [-0.2, -0.15) is 0 Å². The number of rotatable bonds is 6. The third-order valence-electron chi connectivity index (χ3n) is 3.68. The minimum absolute atomic E-state index is 0.157. The Hall–Kier alpha value is -2.21. The minimum atomic E-state index is -3.61. The average molecular weight is 333 g/mol. The molecule has 0 saturated carbocycles. The van der Waals surface area contributed by atoms with Crippen molar-refractivity contribution in [1.29, 1.82) is 0 Å². The van der Waals surface area contributed by atoms with Crippen molar-refractivity contribution in [2.75, 3.05) is 11.5 Å². The summed E-state index contributed by atoms with van der Waals surface area (Å²) in [7, 11) is -3.61. The van der Waals surface area contributed by atoms with Crippen LogP contribution in [-0.4, -0.2) is 15.2 Å². The van der Waals surface area contributed by atoms with Crippen LogP contribution in [0, 0.1) is 0 Å². The third-order valence-corrected chi connectivity index (χ3v) is 5.07. The number of benzene rings is 2. The molecular formula is C17H19NO4S. The van der Waals surface area contributed by atoms with Gasteiger partial charge in [0.1, 0.15) is 0 Å². The van der Waals surface area contributed by atoms with Crippen molar-refractivity contribution in [3.05, 3.63) is 48.0 Å². The lowest BCUT2D eigenvalue weighted by molar-refractivity contribution is 0.174. The minimum Gasteiger partial charge on any atom is -0.454 e. The molecule has 0 saturated heterocycles. The van der Waals surface area contributed by atoms with E-state index in [0.29, 0.717) is 17.2 Å². The molecule has 1 N–H and O–H groups in total. The fourth-order valence-corrected chi connectivity index (χ4v) is 3.44. The van der Waals surface area contributed by atoms with Gasteiger partial charge < -0.3 is 9.47 Å². The molecule has 0 radical (unpaired) electrons. The lowest BCUT2D eigenvalue weighted by Crippen LogP contribution is -2.12. The van der Waals surface area contributed by atoms with Crippen molar-refractivity contribution >= 4 is 15.7 Å². The van der Waals surface area contributed by atoms with E-state index in [1.165, 1.54) is 0 Å².